The minimum Gasteiger partial charge on any atom is -0.409 e. The standard InChI is InChI=1S/C13H18F3N3O/c1-9-5-6-10(13(14,15)16)8-11(9)18-7-3-2-4-12(17)19-20/h5-6,8,18,20H,2-4,7H2,1H3,(H2,17,19). The van der Waals surface area contributed by atoms with Gasteiger partial charge in [-0.05, 0) is 37.5 Å². The number of nitrogens with two attached hydrogens (primary N) is 1. The maximum Gasteiger partial charge on any atom is 0.416 e. The Labute approximate surface area is 115 Å². The average Bonchev–Trinajstić information content (AvgIpc) is 2.38. The smallest absolute Gasteiger partial charge is 0.409 e. The molecule has 112 valence electrons. The number of benzene rings is 1. The van der Waals surface area contributed by atoms with Gasteiger partial charge in [-0.1, -0.05) is 11.2 Å². The normalized spacial score (nSPS) is 12.5. The van der Waals surface area contributed by atoms with Crippen molar-refractivity contribution in [2.75, 3.05) is 11.9 Å². The predicted octanol–water partition coefficient (Wildman–Crippen LogP) is 3.34. The first-order valence-corrected chi connectivity index (χ1v) is 6.22. The minimum atomic E-state index is -4.34. The third kappa shape index (κ3) is 4.99. The Bertz CT molecular complexity index is 472. The Hall–Kier alpha value is -1.92. The van der Waals surface area contributed by atoms with E-state index in [0.29, 0.717) is 31.5 Å². The minimum absolute atomic E-state index is 0.153. The highest BCUT2D eigenvalue weighted by atomic mass is 19.4. The highest BCUT2D eigenvalue weighted by molar-refractivity contribution is 5.79. The fourth-order valence-electron chi connectivity index (χ4n) is 1.69. The van der Waals surface area contributed by atoms with Crippen molar-refractivity contribution in [3.05, 3.63) is 29.3 Å². The van der Waals surface area contributed by atoms with Crippen molar-refractivity contribution in [2.24, 2.45) is 10.9 Å². The molecule has 0 aliphatic rings. The van der Waals surface area contributed by atoms with Crippen molar-refractivity contribution in [1.29, 1.82) is 0 Å². The summed E-state index contributed by atoms with van der Waals surface area (Å²) in [5.41, 5.74) is 5.88. The third-order valence-electron chi connectivity index (χ3n) is 2.87. The molecule has 4 nitrogen and oxygen atoms in total. The van der Waals surface area contributed by atoms with Gasteiger partial charge in [0.05, 0.1) is 5.56 Å². The molecule has 0 atom stereocenters. The van der Waals surface area contributed by atoms with Crippen LogP contribution in [0.15, 0.2) is 23.4 Å². The lowest BCUT2D eigenvalue weighted by Crippen LogP contribution is -2.12. The van der Waals surface area contributed by atoms with Gasteiger partial charge in [-0.15, -0.1) is 0 Å². The molecule has 0 aromatic heterocycles. The zero-order chi connectivity index (χ0) is 15.2. The van der Waals surface area contributed by atoms with Crippen molar-refractivity contribution in [3.8, 4) is 0 Å². The van der Waals surface area contributed by atoms with E-state index in [1.54, 1.807) is 6.92 Å². The lowest BCUT2D eigenvalue weighted by molar-refractivity contribution is -0.137. The van der Waals surface area contributed by atoms with Crippen LogP contribution in [0.5, 0.6) is 0 Å². The summed E-state index contributed by atoms with van der Waals surface area (Å²) in [5.74, 6) is 0.153. The van der Waals surface area contributed by atoms with Crippen molar-refractivity contribution in [2.45, 2.75) is 32.4 Å². The van der Waals surface area contributed by atoms with Gasteiger partial charge in [-0.2, -0.15) is 13.2 Å². The predicted molar refractivity (Wildman–Crippen MR) is 71.9 cm³/mol. The number of nitrogens with one attached hydrogen (secondary N) is 1. The highest BCUT2D eigenvalue weighted by Gasteiger charge is 2.30. The maximum absolute atomic E-state index is 12.6. The Morgan fingerprint density at radius 3 is 2.65 bits per heavy atom. The summed E-state index contributed by atoms with van der Waals surface area (Å²) in [6.45, 7) is 2.28. The van der Waals surface area contributed by atoms with Crippen LogP contribution in [-0.2, 0) is 6.18 Å². The molecular weight excluding hydrogens is 271 g/mol. The van der Waals surface area contributed by atoms with E-state index < -0.39 is 11.7 Å². The molecule has 0 saturated carbocycles. The van der Waals surface area contributed by atoms with E-state index in [2.05, 4.69) is 10.5 Å². The van der Waals surface area contributed by atoms with Crippen LogP contribution in [0.1, 0.15) is 30.4 Å². The molecular formula is C13H18F3N3O. The summed E-state index contributed by atoms with van der Waals surface area (Å²) in [7, 11) is 0. The van der Waals surface area contributed by atoms with Crippen LogP contribution < -0.4 is 11.1 Å². The fourth-order valence-corrected chi connectivity index (χ4v) is 1.69. The topological polar surface area (TPSA) is 70.6 Å². The SMILES string of the molecule is Cc1ccc(C(F)(F)F)cc1NCCCCC(N)=NO. The van der Waals surface area contributed by atoms with Gasteiger partial charge in [-0.25, -0.2) is 0 Å². The molecule has 0 spiro atoms. The van der Waals surface area contributed by atoms with Gasteiger partial charge in [0, 0.05) is 18.7 Å². The van der Waals surface area contributed by atoms with Crippen LogP contribution in [0, 0.1) is 6.92 Å². The number of aryl methyl sites for hydroxylation is 1. The molecule has 0 bridgehead atoms. The van der Waals surface area contributed by atoms with Crippen LogP contribution in [0.4, 0.5) is 18.9 Å². The summed E-state index contributed by atoms with van der Waals surface area (Å²) >= 11 is 0. The molecule has 0 saturated heterocycles. The molecule has 4 N–H and O–H groups in total. The summed E-state index contributed by atoms with van der Waals surface area (Å²) in [6.07, 6.45) is -2.47. The number of oxime groups is 1. The van der Waals surface area contributed by atoms with Gasteiger partial charge in [0.1, 0.15) is 5.84 Å². The second-order valence-electron chi connectivity index (χ2n) is 4.50. The van der Waals surface area contributed by atoms with E-state index in [4.69, 9.17) is 10.9 Å². The molecule has 0 aliphatic carbocycles. The molecule has 0 unspecified atom stereocenters. The van der Waals surface area contributed by atoms with E-state index in [1.807, 2.05) is 0 Å². The Morgan fingerprint density at radius 2 is 2.05 bits per heavy atom. The monoisotopic (exact) mass is 289 g/mol. The first-order chi connectivity index (χ1) is 9.34. The molecule has 0 heterocycles. The Kier molecular flexibility index (Phi) is 5.66. The number of rotatable bonds is 6. The average molecular weight is 289 g/mol. The zero-order valence-corrected chi connectivity index (χ0v) is 11.2. The lowest BCUT2D eigenvalue weighted by atomic mass is 10.1. The van der Waals surface area contributed by atoms with Gasteiger partial charge in [0.2, 0.25) is 0 Å². The summed E-state index contributed by atoms with van der Waals surface area (Å²) in [4.78, 5) is 0. The Balaban J connectivity index is 2.51. The fraction of sp³-hybridized carbons (Fsp3) is 0.462. The molecule has 1 aromatic carbocycles. The van der Waals surface area contributed by atoms with E-state index >= 15 is 0 Å². The number of alkyl halides is 3. The van der Waals surface area contributed by atoms with Gasteiger partial charge >= 0.3 is 6.18 Å². The number of nitrogens with zero attached hydrogens (tertiary/aromatic N) is 1. The van der Waals surface area contributed by atoms with Crippen LogP contribution >= 0.6 is 0 Å². The number of amidine groups is 1. The molecule has 0 radical (unpaired) electrons. The number of unbranched alkanes of at least 4 members (excludes halogenated alkanes) is 1. The highest BCUT2D eigenvalue weighted by Crippen LogP contribution is 2.31. The van der Waals surface area contributed by atoms with E-state index in [9.17, 15) is 13.2 Å². The van der Waals surface area contributed by atoms with Crippen molar-refractivity contribution < 1.29 is 18.4 Å². The molecule has 0 amide bonds. The van der Waals surface area contributed by atoms with Crippen molar-refractivity contribution >= 4 is 11.5 Å². The van der Waals surface area contributed by atoms with Crippen LogP contribution in [0.2, 0.25) is 0 Å². The Morgan fingerprint density at radius 1 is 1.35 bits per heavy atom. The summed E-state index contributed by atoms with van der Waals surface area (Å²) in [5, 5.41) is 14.2. The zero-order valence-electron chi connectivity index (χ0n) is 11.2. The van der Waals surface area contributed by atoms with Gasteiger partial charge in [0.15, 0.2) is 0 Å². The van der Waals surface area contributed by atoms with Crippen molar-refractivity contribution in [1.82, 2.24) is 0 Å². The van der Waals surface area contributed by atoms with Crippen LogP contribution in [0.3, 0.4) is 0 Å². The van der Waals surface area contributed by atoms with E-state index in [1.165, 1.54) is 6.07 Å². The van der Waals surface area contributed by atoms with Gasteiger partial charge in [0.25, 0.3) is 0 Å². The molecule has 1 aromatic rings. The second kappa shape index (κ2) is 7.02. The number of hydrogen-bond donors (Lipinski definition) is 3. The second-order valence-corrected chi connectivity index (χ2v) is 4.50. The molecule has 20 heavy (non-hydrogen) atoms. The lowest BCUT2D eigenvalue weighted by Gasteiger charge is -2.13. The number of anilines is 1. The third-order valence-corrected chi connectivity index (χ3v) is 2.87. The van der Waals surface area contributed by atoms with Crippen LogP contribution in [0.25, 0.3) is 0 Å². The van der Waals surface area contributed by atoms with Gasteiger partial charge in [-0.3, -0.25) is 0 Å². The van der Waals surface area contributed by atoms with E-state index in [0.717, 1.165) is 17.7 Å². The molecule has 0 fully saturated rings. The van der Waals surface area contributed by atoms with Gasteiger partial charge < -0.3 is 16.3 Å². The van der Waals surface area contributed by atoms with E-state index in [-0.39, 0.29) is 5.84 Å². The molecule has 1 rings (SSSR count). The van der Waals surface area contributed by atoms with Crippen LogP contribution in [-0.4, -0.2) is 17.6 Å². The first kappa shape index (κ1) is 16.1. The maximum atomic E-state index is 12.6. The quantitative estimate of drug-likeness (QED) is 0.247. The number of hydrogen-bond acceptors (Lipinski definition) is 3. The summed E-state index contributed by atoms with van der Waals surface area (Å²) in [6, 6.07) is 3.62. The first-order valence-electron chi connectivity index (χ1n) is 6.22. The number of halogens is 3. The largest absolute Gasteiger partial charge is 0.416 e. The molecule has 7 heteroatoms. The molecule has 0 aliphatic heterocycles. The van der Waals surface area contributed by atoms with Crippen molar-refractivity contribution in [3.63, 3.8) is 0 Å². The summed E-state index contributed by atoms with van der Waals surface area (Å²) < 4.78 is 37.8.